The van der Waals surface area contributed by atoms with Crippen LogP contribution in [0.3, 0.4) is 0 Å². The predicted octanol–water partition coefficient (Wildman–Crippen LogP) is 3.65. The predicted molar refractivity (Wildman–Crippen MR) is 98.1 cm³/mol. The maximum absolute atomic E-state index is 6.29. The third-order valence-corrected chi connectivity index (χ3v) is 4.57. The minimum Gasteiger partial charge on any atom is -0.813 e. The molecule has 0 N–H and O–H groups in total. The van der Waals surface area contributed by atoms with E-state index in [-0.39, 0.29) is 19.1 Å². The normalized spacial score (nSPS) is 14.5. The van der Waals surface area contributed by atoms with Gasteiger partial charge in [-0.3, -0.25) is 0 Å². The number of thiol groups is 1. The second-order valence-corrected chi connectivity index (χ2v) is 6.74. The van der Waals surface area contributed by atoms with Crippen molar-refractivity contribution >= 4 is 40.7 Å². The summed E-state index contributed by atoms with van der Waals surface area (Å²) in [5.74, 6) is 0.918. The Bertz CT molecular complexity index is 873. The zero-order valence-corrected chi connectivity index (χ0v) is 15.3. The average molecular weight is 337 g/mol. The van der Waals surface area contributed by atoms with Gasteiger partial charge in [0.1, 0.15) is 0 Å². The van der Waals surface area contributed by atoms with Crippen molar-refractivity contribution in [3.8, 4) is 16.9 Å². The molecule has 23 heavy (non-hydrogen) atoms. The van der Waals surface area contributed by atoms with E-state index < -0.39 is 0 Å². The van der Waals surface area contributed by atoms with Crippen LogP contribution in [-0.4, -0.2) is 25.8 Å². The Hall–Kier alpha value is -1.41. The van der Waals surface area contributed by atoms with Gasteiger partial charge in [0.2, 0.25) is 0 Å². The van der Waals surface area contributed by atoms with Gasteiger partial charge in [0, 0.05) is 0 Å². The molecule has 0 unspecified atom stereocenters. The van der Waals surface area contributed by atoms with Gasteiger partial charge in [-0.1, -0.05) is 0 Å². The van der Waals surface area contributed by atoms with E-state index in [4.69, 9.17) is 4.74 Å². The molecule has 0 spiro atoms. The van der Waals surface area contributed by atoms with Gasteiger partial charge in [-0.25, -0.2) is 0 Å². The first-order chi connectivity index (χ1) is 10.6. The molecular formula is C18H18AlN2OS. The Balaban J connectivity index is 0.00000156. The molecule has 0 atom stereocenters. The molecule has 3 nitrogen and oxygen atoms in total. The minimum atomic E-state index is -0.359. The van der Waals surface area contributed by atoms with Crippen molar-refractivity contribution in [3.05, 3.63) is 48.4 Å². The molecule has 0 aliphatic carbocycles. The molecule has 0 saturated carbocycles. The number of para-hydroxylation sites is 1. The number of ether oxygens (including phenoxy) is 1. The second kappa shape index (κ2) is 5.90. The van der Waals surface area contributed by atoms with E-state index in [0.29, 0.717) is 0 Å². The van der Waals surface area contributed by atoms with Crippen molar-refractivity contribution in [2.45, 2.75) is 31.3 Å². The van der Waals surface area contributed by atoms with Crippen LogP contribution >= 0.6 is 0 Å². The van der Waals surface area contributed by atoms with E-state index in [1.807, 2.05) is 12.3 Å². The number of aryl methyl sites for hydroxylation is 1. The van der Waals surface area contributed by atoms with Crippen LogP contribution in [0, 0.1) is 0 Å². The molecular weight excluding hydrogens is 319 g/mol. The van der Waals surface area contributed by atoms with Gasteiger partial charge in [0.05, 0.1) is 0 Å². The fourth-order valence-corrected chi connectivity index (χ4v) is 3.80. The number of aromatic nitrogens is 2. The van der Waals surface area contributed by atoms with Gasteiger partial charge in [0.15, 0.2) is 0 Å². The van der Waals surface area contributed by atoms with Crippen molar-refractivity contribution in [3.63, 3.8) is 0 Å². The van der Waals surface area contributed by atoms with E-state index in [9.17, 15) is 0 Å². The molecule has 3 aromatic rings. The minimum absolute atomic E-state index is 0. The number of hydrogen-bond donors (Lipinski definition) is 0. The summed E-state index contributed by atoms with van der Waals surface area (Å²) in [7, 11) is 0. The topological polar surface area (TPSA) is 27.1 Å². The second-order valence-electron chi connectivity index (χ2n) is 6.17. The summed E-state index contributed by atoms with van der Waals surface area (Å²) in [5.41, 5.74) is 4.52. The van der Waals surface area contributed by atoms with Crippen LogP contribution in [0.2, 0.25) is 5.28 Å². The van der Waals surface area contributed by atoms with Gasteiger partial charge >= 0.3 is 138 Å². The summed E-state index contributed by atoms with van der Waals surface area (Å²) in [6.45, 7) is 5.25. The summed E-state index contributed by atoms with van der Waals surface area (Å²) in [6.07, 6.45) is 3.71. The molecule has 3 heterocycles. The fraction of sp³-hybridized carbons (Fsp3) is 0.278. The van der Waals surface area contributed by atoms with E-state index in [0.717, 1.165) is 23.1 Å². The molecule has 0 bridgehead atoms. The van der Waals surface area contributed by atoms with Gasteiger partial charge in [-0.05, 0) is 0 Å². The molecule has 1 aromatic carbocycles. The molecule has 0 amide bonds. The third-order valence-electron chi connectivity index (χ3n) is 4.31. The molecule has 1 radical (unpaired) electrons. The zero-order chi connectivity index (χ0) is 15.3. The van der Waals surface area contributed by atoms with Gasteiger partial charge in [0.25, 0.3) is 0 Å². The molecule has 115 valence electrons. The van der Waals surface area contributed by atoms with Gasteiger partial charge < -0.3 is 13.5 Å². The first kappa shape index (κ1) is 16.5. The Kier molecular flexibility index (Phi) is 4.22. The van der Waals surface area contributed by atoms with E-state index >= 15 is 0 Å². The molecule has 2 aromatic heterocycles. The van der Waals surface area contributed by atoms with Crippen LogP contribution in [0.5, 0.6) is 5.75 Å². The summed E-state index contributed by atoms with van der Waals surface area (Å²) >= 11 is 2.82. The average Bonchev–Trinajstić information content (AvgIpc) is 2.84. The quantitative estimate of drug-likeness (QED) is 0.406. The fourth-order valence-electron chi connectivity index (χ4n) is 3.55. The number of benzene rings is 1. The van der Waals surface area contributed by atoms with Crippen molar-refractivity contribution in [1.82, 2.24) is 9.55 Å². The van der Waals surface area contributed by atoms with Gasteiger partial charge in [-0.15, -0.1) is 0 Å². The summed E-state index contributed by atoms with van der Waals surface area (Å²) in [6, 6.07) is 10.6. The molecule has 5 heteroatoms. The Morgan fingerprint density at radius 1 is 1.22 bits per heavy atom. The molecule has 4 rings (SSSR count). The standard InChI is InChI=1S/C18H17N2O.Al.H2S/c1-4-20-14-8-6-5-7-12(14)16-13-11-19-10-9-15(13)21-18(2,3)17(16)20;;/h5-11H,1,4H2,2-3H3;;1H2/q;+1;/p-1. The Morgan fingerprint density at radius 2 is 2.00 bits per heavy atom. The maximum Gasteiger partial charge on any atom is -0.813 e. The van der Waals surface area contributed by atoms with Crippen molar-refractivity contribution in [2.75, 3.05) is 0 Å². The van der Waals surface area contributed by atoms with Crippen LogP contribution in [0.4, 0.5) is 0 Å². The largest absolute Gasteiger partial charge is 0.813 e. The van der Waals surface area contributed by atoms with Crippen LogP contribution in [0.25, 0.3) is 22.0 Å². The molecule has 0 saturated heterocycles. The first-order valence-corrected chi connectivity index (χ1v) is 8.40. The van der Waals surface area contributed by atoms with E-state index in [2.05, 4.69) is 64.0 Å². The zero-order valence-electron chi connectivity index (χ0n) is 13.3. The summed E-state index contributed by atoms with van der Waals surface area (Å²) in [5, 5.41) is 2.29. The SMILES string of the molecule is CC1(C)Oc2ccncc2-c2c1n(C[CH2][Al+])c1ccccc21.[SH-]. The number of nitrogens with zero attached hydrogens (tertiary/aromatic N) is 2. The van der Waals surface area contributed by atoms with Crippen molar-refractivity contribution in [2.24, 2.45) is 0 Å². The van der Waals surface area contributed by atoms with E-state index in [1.54, 1.807) is 6.20 Å². The van der Waals surface area contributed by atoms with Crippen LogP contribution in [0.15, 0.2) is 42.7 Å². The monoisotopic (exact) mass is 337 g/mol. The van der Waals surface area contributed by atoms with Gasteiger partial charge in [-0.2, -0.15) is 0 Å². The van der Waals surface area contributed by atoms with Crippen molar-refractivity contribution in [1.29, 1.82) is 0 Å². The molecule has 0 fully saturated rings. The third kappa shape index (κ3) is 2.39. The van der Waals surface area contributed by atoms with Crippen LogP contribution < -0.4 is 4.74 Å². The summed E-state index contributed by atoms with van der Waals surface area (Å²) < 4.78 is 8.69. The number of rotatable bonds is 2. The number of pyridine rings is 1. The van der Waals surface area contributed by atoms with Crippen LogP contribution in [0.1, 0.15) is 19.5 Å². The first-order valence-electron chi connectivity index (χ1n) is 7.58. The molecule has 1 aliphatic rings. The Morgan fingerprint density at radius 3 is 2.78 bits per heavy atom. The Labute approximate surface area is 151 Å². The van der Waals surface area contributed by atoms with Crippen LogP contribution in [-0.2, 0) is 25.6 Å². The van der Waals surface area contributed by atoms with E-state index in [1.165, 1.54) is 22.2 Å². The maximum atomic E-state index is 6.29. The van der Waals surface area contributed by atoms with Crippen molar-refractivity contribution < 1.29 is 4.74 Å². The number of fused-ring (bicyclic) bond motifs is 5. The molecule has 1 aliphatic heterocycles. The smallest absolute Gasteiger partial charge is 0.813 e. The number of hydrogen-bond acceptors (Lipinski definition) is 3. The summed E-state index contributed by atoms with van der Waals surface area (Å²) in [4.78, 5) is 4.31.